The van der Waals surface area contributed by atoms with Crippen LogP contribution in [0.25, 0.3) is 0 Å². The van der Waals surface area contributed by atoms with Crippen molar-refractivity contribution in [2.45, 2.75) is 38.9 Å². The minimum Gasteiger partial charge on any atom is -0.489 e. The summed E-state index contributed by atoms with van der Waals surface area (Å²) >= 11 is 0. The third-order valence-electron chi connectivity index (χ3n) is 2.30. The fraction of sp³-hybridized carbons (Fsp3) is 0.583. The number of pyridine rings is 1. The number of hydrogen-bond acceptors (Lipinski definition) is 5. The molecule has 106 valence electrons. The number of anilines is 1. The molecule has 1 N–H and O–H groups in total. The molecular weight excluding hydrogens is 268 g/mol. The molecule has 1 fully saturated rings. The summed E-state index contributed by atoms with van der Waals surface area (Å²) in [6, 6.07) is 1.67. The van der Waals surface area contributed by atoms with E-state index in [9.17, 15) is 8.42 Å². The highest BCUT2D eigenvalue weighted by molar-refractivity contribution is 7.92. The minimum absolute atomic E-state index is 0.0179. The van der Waals surface area contributed by atoms with Gasteiger partial charge in [0, 0.05) is 6.07 Å². The van der Waals surface area contributed by atoms with Crippen molar-refractivity contribution < 1.29 is 17.9 Å². The molecule has 1 saturated carbocycles. The van der Waals surface area contributed by atoms with Crippen molar-refractivity contribution >= 4 is 15.8 Å². The number of ether oxygens (including phenoxy) is 2. The summed E-state index contributed by atoms with van der Waals surface area (Å²) in [5, 5.41) is 0. The Bertz CT molecular complexity index is 553. The Morgan fingerprint density at radius 3 is 2.63 bits per heavy atom. The van der Waals surface area contributed by atoms with Crippen LogP contribution in [0.15, 0.2) is 12.3 Å². The van der Waals surface area contributed by atoms with Crippen molar-refractivity contribution in [1.29, 1.82) is 0 Å². The van der Waals surface area contributed by atoms with Gasteiger partial charge in [0.1, 0.15) is 5.75 Å². The Kier molecular flexibility index (Phi) is 3.84. The normalized spacial score (nSPS) is 15.4. The molecule has 0 unspecified atom stereocenters. The van der Waals surface area contributed by atoms with E-state index < -0.39 is 10.0 Å². The molecule has 0 aromatic carbocycles. The van der Waals surface area contributed by atoms with Crippen LogP contribution >= 0.6 is 0 Å². The number of hydrogen-bond donors (Lipinski definition) is 1. The van der Waals surface area contributed by atoms with Crippen LogP contribution in [-0.4, -0.2) is 31.9 Å². The van der Waals surface area contributed by atoms with Crippen molar-refractivity contribution in [1.82, 2.24) is 4.98 Å². The lowest BCUT2D eigenvalue weighted by Crippen LogP contribution is -2.13. The number of nitrogens with one attached hydrogen (secondary N) is 1. The number of rotatable bonds is 6. The first-order chi connectivity index (χ1) is 8.83. The van der Waals surface area contributed by atoms with E-state index in [1.165, 1.54) is 6.20 Å². The van der Waals surface area contributed by atoms with Gasteiger partial charge in [-0.2, -0.15) is 0 Å². The second-order valence-corrected chi connectivity index (χ2v) is 6.62. The summed E-state index contributed by atoms with van der Waals surface area (Å²) in [5.74, 6) is 1.17. The fourth-order valence-corrected chi connectivity index (χ4v) is 1.98. The molecule has 1 aromatic heterocycles. The van der Waals surface area contributed by atoms with Crippen molar-refractivity contribution in [2.24, 2.45) is 0 Å². The third-order valence-corrected chi connectivity index (χ3v) is 2.86. The van der Waals surface area contributed by atoms with Gasteiger partial charge < -0.3 is 9.47 Å². The molecule has 1 heterocycles. The van der Waals surface area contributed by atoms with Gasteiger partial charge in [-0.05, 0) is 26.7 Å². The molecule has 0 atom stereocenters. The molecule has 6 nitrogen and oxygen atoms in total. The van der Waals surface area contributed by atoms with E-state index in [1.807, 2.05) is 13.8 Å². The first kappa shape index (κ1) is 13.9. The second kappa shape index (κ2) is 5.24. The van der Waals surface area contributed by atoms with Crippen LogP contribution in [0, 0.1) is 0 Å². The molecule has 0 saturated heterocycles. The molecule has 0 aliphatic heterocycles. The van der Waals surface area contributed by atoms with E-state index in [-0.39, 0.29) is 18.0 Å². The number of nitrogens with zero attached hydrogens (tertiary/aromatic N) is 1. The van der Waals surface area contributed by atoms with E-state index in [0.717, 1.165) is 19.1 Å². The van der Waals surface area contributed by atoms with Crippen LogP contribution in [0.1, 0.15) is 26.7 Å². The predicted molar refractivity (Wildman–Crippen MR) is 72.1 cm³/mol. The maximum atomic E-state index is 11.3. The lowest BCUT2D eigenvalue weighted by molar-refractivity contribution is 0.238. The van der Waals surface area contributed by atoms with E-state index in [4.69, 9.17) is 9.47 Å². The Balaban J connectivity index is 2.25. The van der Waals surface area contributed by atoms with E-state index in [1.54, 1.807) is 6.07 Å². The van der Waals surface area contributed by atoms with Gasteiger partial charge in [-0.3, -0.25) is 4.72 Å². The van der Waals surface area contributed by atoms with Crippen LogP contribution in [0.4, 0.5) is 5.82 Å². The Hall–Kier alpha value is -1.50. The van der Waals surface area contributed by atoms with Gasteiger partial charge in [-0.1, -0.05) is 0 Å². The first-order valence-electron chi connectivity index (χ1n) is 6.14. The molecular formula is C12H18N2O4S. The average molecular weight is 286 g/mol. The van der Waals surface area contributed by atoms with Crippen molar-refractivity contribution in [3.63, 3.8) is 0 Å². The minimum atomic E-state index is -3.38. The summed E-state index contributed by atoms with van der Waals surface area (Å²) in [5.41, 5.74) is 0. The van der Waals surface area contributed by atoms with Crippen molar-refractivity contribution in [3.05, 3.63) is 12.3 Å². The lowest BCUT2D eigenvalue weighted by Gasteiger charge is -2.14. The zero-order valence-electron chi connectivity index (χ0n) is 11.2. The van der Waals surface area contributed by atoms with E-state index in [0.29, 0.717) is 11.5 Å². The highest BCUT2D eigenvalue weighted by Crippen LogP contribution is 2.33. The Morgan fingerprint density at radius 2 is 2.11 bits per heavy atom. The van der Waals surface area contributed by atoms with Gasteiger partial charge in [0.25, 0.3) is 0 Å². The van der Waals surface area contributed by atoms with Gasteiger partial charge in [0.2, 0.25) is 10.0 Å². The van der Waals surface area contributed by atoms with Crippen LogP contribution in [0.2, 0.25) is 0 Å². The summed E-state index contributed by atoms with van der Waals surface area (Å²) in [4.78, 5) is 4.06. The highest BCUT2D eigenvalue weighted by Gasteiger charge is 2.26. The van der Waals surface area contributed by atoms with E-state index >= 15 is 0 Å². The molecule has 7 heteroatoms. The quantitative estimate of drug-likeness (QED) is 0.862. The summed E-state index contributed by atoms with van der Waals surface area (Å²) in [7, 11) is -3.38. The molecule has 1 aliphatic carbocycles. The van der Waals surface area contributed by atoms with Gasteiger partial charge in [0.05, 0.1) is 24.7 Å². The third kappa shape index (κ3) is 4.59. The maximum Gasteiger partial charge on any atom is 0.231 e. The Morgan fingerprint density at radius 1 is 1.42 bits per heavy atom. The predicted octanol–water partition coefficient (Wildman–Crippen LogP) is 1.78. The zero-order chi connectivity index (χ0) is 14.0. The van der Waals surface area contributed by atoms with Crippen molar-refractivity contribution in [3.8, 4) is 11.5 Å². The van der Waals surface area contributed by atoms with Crippen LogP contribution < -0.4 is 14.2 Å². The second-order valence-electron chi connectivity index (χ2n) is 4.88. The molecule has 0 radical (unpaired) electrons. The van der Waals surface area contributed by atoms with Gasteiger partial charge >= 0.3 is 0 Å². The fourth-order valence-electron chi connectivity index (χ4n) is 1.47. The summed E-state index contributed by atoms with van der Waals surface area (Å²) < 4.78 is 36.1. The van der Waals surface area contributed by atoms with Crippen molar-refractivity contribution in [2.75, 3.05) is 11.0 Å². The molecule has 0 spiro atoms. The van der Waals surface area contributed by atoms with Gasteiger partial charge in [0.15, 0.2) is 11.6 Å². The SMILES string of the molecule is CC(C)Oc1cnc(NS(C)(=O)=O)c(OC2CC2)c1. The topological polar surface area (TPSA) is 77.5 Å². The number of sulfonamides is 1. The summed E-state index contributed by atoms with van der Waals surface area (Å²) in [6.07, 6.45) is 4.68. The molecule has 1 aliphatic rings. The van der Waals surface area contributed by atoms with Gasteiger partial charge in [-0.25, -0.2) is 13.4 Å². The lowest BCUT2D eigenvalue weighted by atomic mass is 10.4. The Labute approximate surface area is 113 Å². The molecule has 0 bridgehead atoms. The highest BCUT2D eigenvalue weighted by atomic mass is 32.2. The molecule has 1 aromatic rings. The standard InChI is InChI=1S/C12H18N2O4S/c1-8(2)17-10-6-11(18-9-4-5-9)12(13-7-10)14-19(3,15)16/h6-9H,4-5H2,1-3H3,(H,13,14). The first-order valence-corrected chi connectivity index (χ1v) is 8.04. The van der Waals surface area contributed by atoms with Crippen LogP contribution in [-0.2, 0) is 10.0 Å². The monoisotopic (exact) mass is 286 g/mol. The number of aromatic nitrogens is 1. The average Bonchev–Trinajstić information content (AvgIpc) is 3.03. The summed E-state index contributed by atoms with van der Waals surface area (Å²) in [6.45, 7) is 3.81. The smallest absolute Gasteiger partial charge is 0.231 e. The van der Waals surface area contributed by atoms with Crippen LogP contribution in [0.3, 0.4) is 0 Å². The van der Waals surface area contributed by atoms with E-state index in [2.05, 4.69) is 9.71 Å². The largest absolute Gasteiger partial charge is 0.489 e. The zero-order valence-corrected chi connectivity index (χ0v) is 12.0. The molecule has 0 amide bonds. The molecule has 2 rings (SSSR count). The van der Waals surface area contributed by atoms with Crippen LogP contribution in [0.5, 0.6) is 11.5 Å². The van der Waals surface area contributed by atoms with Gasteiger partial charge in [-0.15, -0.1) is 0 Å². The maximum absolute atomic E-state index is 11.3. The molecule has 19 heavy (non-hydrogen) atoms.